The van der Waals surface area contributed by atoms with Crippen LogP contribution in [-0.2, 0) is 4.79 Å². The molecule has 2 aromatic rings. The average Bonchev–Trinajstić information content (AvgIpc) is 2.96. The van der Waals surface area contributed by atoms with Crippen molar-refractivity contribution in [1.29, 1.82) is 0 Å². The predicted molar refractivity (Wildman–Crippen MR) is 138 cm³/mol. The molecule has 31 heavy (non-hydrogen) atoms. The van der Waals surface area contributed by atoms with Crippen LogP contribution in [0.15, 0.2) is 47.4 Å². The Morgan fingerprint density at radius 2 is 1.87 bits per heavy atom. The molecule has 1 unspecified atom stereocenters. The molecule has 0 radical (unpaired) electrons. The maximum absolute atomic E-state index is 13.2. The van der Waals surface area contributed by atoms with Crippen LogP contribution in [0.4, 0.5) is 11.4 Å². The second kappa shape index (κ2) is 8.10. The molecule has 0 aliphatic carbocycles. The van der Waals surface area contributed by atoms with Gasteiger partial charge >= 0.3 is 0 Å². The fraction of sp³-hybridized carbons (Fsp3) is 0.385. The number of benzene rings is 2. The van der Waals surface area contributed by atoms with Crippen LogP contribution in [0.3, 0.4) is 0 Å². The summed E-state index contributed by atoms with van der Waals surface area (Å²) in [6, 6.07) is 14.6. The number of amides is 1. The van der Waals surface area contributed by atoms with Crippen molar-refractivity contribution >= 4 is 51.7 Å². The molecule has 1 saturated heterocycles. The first-order chi connectivity index (χ1) is 14.6. The fourth-order valence-corrected chi connectivity index (χ4v) is 6.45. The third-order valence-electron chi connectivity index (χ3n) is 6.27. The van der Waals surface area contributed by atoms with E-state index < -0.39 is 0 Å². The number of aryl methyl sites for hydroxylation is 1. The number of carbonyl (C=O) groups is 1. The largest absolute Gasteiger partial charge is 0.364 e. The first-order valence-electron chi connectivity index (χ1n) is 10.9. The highest BCUT2D eigenvalue weighted by Crippen LogP contribution is 2.46. The number of carbonyl (C=O) groups excluding carboxylic acids is 1. The van der Waals surface area contributed by atoms with E-state index in [1.54, 1.807) is 4.90 Å². The molecule has 162 valence electrons. The van der Waals surface area contributed by atoms with Crippen LogP contribution in [-0.4, -0.2) is 21.8 Å². The van der Waals surface area contributed by atoms with Crippen LogP contribution in [0.1, 0.15) is 63.6 Å². The van der Waals surface area contributed by atoms with Gasteiger partial charge in [-0.15, -0.1) is 0 Å². The topological polar surface area (TPSA) is 23.6 Å². The van der Waals surface area contributed by atoms with Gasteiger partial charge in [0.2, 0.25) is 0 Å². The van der Waals surface area contributed by atoms with E-state index in [-0.39, 0.29) is 11.4 Å². The smallest absolute Gasteiger partial charge is 0.270 e. The van der Waals surface area contributed by atoms with Crippen molar-refractivity contribution < 1.29 is 4.79 Å². The van der Waals surface area contributed by atoms with Crippen molar-refractivity contribution in [2.45, 2.75) is 65.5 Å². The van der Waals surface area contributed by atoms with Gasteiger partial charge < -0.3 is 4.90 Å². The monoisotopic (exact) mass is 450 g/mol. The molecule has 0 saturated carbocycles. The molecule has 0 bridgehead atoms. The molecule has 2 aromatic carbocycles. The van der Waals surface area contributed by atoms with Gasteiger partial charge in [-0.1, -0.05) is 49.1 Å². The highest BCUT2D eigenvalue weighted by atomic mass is 32.2. The molecule has 1 atom stereocenters. The number of thiocarbonyl (C=S) groups is 1. The van der Waals surface area contributed by atoms with Gasteiger partial charge in [0.1, 0.15) is 0 Å². The summed E-state index contributed by atoms with van der Waals surface area (Å²) in [6.45, 7) is 13.6. The Balaban J connectivity index is 1.74. The Bertz CT molecular complexity index is 1070. The van der Waals surface area contributed by atoms with E-state index in [0.29, 0.717) is 21.2 Å². The molecular weight excluding hydrogens is 420 g/mol. The van der Waals surface area contributed by atoms with E-state index in [4.69, 9.17) is 12.2 Å². The van der Waals surface area contributed by atoms with E-state index in [9.17, 15) is 4.79 Å². The number of para-hydroxylation sites is 1. The second-order valence-electron chi connectivity index (χ2n) is 9.50. The maximum atomic E-state index is 13.2. The molecular formula is C26H30N2OS2. The molecule has 1 fully saturated rings. The molecule has 5 heteroatoms. The molecule has 2 aliphatic heterocycles. The number of rotatable bonds is 3. The van der Waals surface area contributed by atoms with E-state index in [1.165, 1.54) is 28.6 Å². The van der Waals surface area contributed by atoms with Gasteiger partial charge in [-0.25, -0.2) is 0 Å². The molecule has 4 rings (SSSR count). The number of thioether (sulfide) groups is 1. The molecule has 0 aromatic heterocycles. The van der Waals surface area contributed by atoms with Gasteiger partial charge in [-0.2, -0.15) is 0 Å². The molecule has 3 nitrogen and oxygen atoms in total. The molecule has 2 aliphatic rings. The minimum atomic E-state index is -0.0451. The van der Waals surface area contributed by atoms with E-state index in [0.717, 1.165) is 17.7 Å². The van der Waals surface area contributed by atoms with Crippen LogP contribution in [0, 0.1) is 6.92 Å². The SMILES string of the molecule is Cc1cc2c(cc1/C=C1\SC(=S)N(c3ccccc3)C1=O)C(C)CC(C)(C)N2C(C)C. The number of hydrogen-bond acceptors (Lipinski definition) is 4. The lowest BCUT2D eigenvalue weighted by molar-refractivity contribution is -0.113. The molecule has 2 heterocycles. The summed E-state index contributed by atoms with van der Waals surface area (Å²) in [4.78, 5) is 18.0. The predicted octanol–water partition coefficient (Wildman–Crippen LogP) is 6.90. The van der Waals surface area contributed by atoms with Crippen molar-refractivity contribution in [2.24, 2.45) is 0 Å². The third kappa shape index (κ3) is 3.94. The Morgan fingerprint density at radius 3 is 2.52 bits per heavy atom. The first kappa shape index (κ1) is 22.1. The summed E-state index contributed by atoms with van der Waals surface area (Å²) >= 11 is 6.91. The van der Waals surface area contributed by atoms with Crippen molar-refractivity contribution in [1.82, 2.24) is 0 Å². The lowest BCUT2D eigenvalue weighted by Crippen LogP contribution is -2.51. The number of fused-ring (bicyclic) bond motifs is 1. The summed E-state index contributed by atoms with van der Waals surface area (Å²) < 4.78 is 0.583. The Labute approximate surface area is 195 Å². The van der Waals surface area contributed by atoms with Crippen molar-refractivity contribution in [3.05, 3.63) is 64.1 Å². The standard InChI is InChI=1S/C26H30N2OS2/c1-16(2)28-22-12-17(3)19(13-21(22)18(4)15-26(28,5)6)14-23-24(29)27(25(30)31-23)20-10-8-7-9-11-20/h7-14,16,18H,15H2,1-6H3/b23-14-. The summed E-state index contributed by atoms with van der Waals surface area (Å²) in [7, 11) is 0. The van der Waals surface area contributed by atoms with Crippen LogP contribution in [0.5, 0.6) is 0 Å². The van der Waals surface area contributed by atoms with Gasteiger partial charge in [0.05, 0.1) is 10.6 Å². The summed E-state index contributed by atoms with van der Waals surface area (Å²) in [5, 5.41) is 0. The highest BCUT2D eigenvalue weighted by molar-refractivity contribution is 8.27. The lowest BCUT2D eigenvalue weighted by Gasteiger charge is -2.50. The summed E-state index contributed by atoms with van der Waals surface area (Å²) in [5.74, 6) is 0.419. The lowest BCUT2D eigenvalue weighted by atomic mass is 9.78. The van der Waals surface area contributed by atoms with Gasteiger partial charge in [0, 0.05) is 17.3 Å². The van der Waals surface area contributed by atoms with E-state index >= 15 is 0 Å². The Hall–Kier alpha value is -2.11. The molecule has 0 spiro atoms. The van der Waals surface area contributed by atoms with Crippen LogP contribution in [0.25, 0.3) is 6.08 Å². The van der Waals surface area contributed by atoms with Crippen LogP contribution in [0.2, 0.25) is 0 Å². The van der Waals surface area contributed by atoms with Gasteiger partial charge in [0.25, 0.3) is 5.91 Å². The Morgan fingerprint density at radius 1 is 1.19 bits per heavy atom. The first-order valence-corrected chi connectivity index (χ1v) is 12.1. The van der Waals surface area contributed by atoms with Crippen molar-refractivity contribution in [3.8, 4) is 0 Å². The minimum Gasteiger partial charge on any atom is -0.364 e. The number of anilines is 2. The van der Waals surface area contributed by atoms with Crippen molar-refractivity contribution in [3.63, 3.8) is 0 Å². The summed E-state index contributed by atoms with van der Waals surface area (Å²) in [5.41, 5.74) is 5.90. The van der Waals surface area contributed by atoms with Crippen LogP contribution >= 0.6 is 24.0 Å². The van der Waals surface area contributed by atoms with Gasteiger partial charge in [-0.05, 0) is 94.0 Å². The third-order valence-corrected chi connectivity index (χ3v) is 7.58. The minimum absolute atomic E-state index is 0.0451. The second-order valence-corrected chi connectivity index (χ2v) is 11.2. The van der Waals surface area contributed by atoms with Gasteiger partial charge in [0.15, 0.2) is 4.32 Å². The van der Waals surface area contributed by atoms with Gasteiger partial charge in [-0.3, -0.25) is 9.69 Å². The van der Waals surface area contributed by atoms with Crippen molar-refractivity contribution in [2.75, 3.05) is 9.80 Å². The fourth-order valence-electron chi connectivity index (χ4n) is 5.16. The van der Waals surface area contributed by atoms with Crippen LogP contribution < -0.4 is 9.80 Å². The molecule has 1 amide bonds. The summed E-state index contributed by atoms with van der Waals surface area (Å²) in [6.07, 6.45) is 3.13. The Kier molecular flexibility index (Phi) is 5.78. The van der Waals surface area contributed by atoms with E-state index in [2.05, 4.69) is 58.6 Å². The number of nitrogens with zero attached hydrogens (tertiary/aromatic N) is 2. The zero-order valence-electron chi connectivity index (χ0n) is 19.1. The molecule has 0 N–H and O–H groups in total. The van der Waals surface area contributed by atoms with E-state index in [1.807, 2.05) is 36.4 Å². The maximum Gasteiger partial charge on any atom is 0.270 e. The quantitative estimate of drug-likeness (QED) is 0.375. The zero-order valence-corrected chi connectivity index (χ0v) is 20.7. The normalized spacial score (nSPS) is 21.9. The number of hydrogen-bond donors (Lipinski definition) is 0. The average molecular weight is 451 g/mol. The zero-order chi connectivity index (χ0) is 22.5. The highest BCUT2D eigenvalue weighted by Gasteiger charge is 2.38.